The SMILES string of the molecule is C1=C(c2ccccc2)[C@H](c2ccccc2)[C@H](c2ccccc2)C/C1=N\Nc1ccccc1. The van der Waals surface area contributed by atoms with Gasteiger partial charge in [-0.15, -0.1) is 0 Å². The first-order valence-corrected chi connectivity index (χ1v) is 11.1. The third-order valence-corrected chi connectivity index (χ3v) is 6.08. The average molecular weight is 415 g/mol. The van der Waals surface area contributed by atoms with Crippen LogP contribution >= 0.6 is 0 Å². The van der Waals surface area contributed by atoms with Gasteiger partial charge in [-0.1, -0.05) is 109 Å². The van der Waals surface area contributed by atoms with Crippen molar-refractivity contribution in [3.8, 4) is 0 Å². The summed E-state index contributed by atoms with van der Waals surface area (Å²) < 4.78 is 0. The van der Waals surface area contributed by atoms with Gasteiger partial charge >= 0.3 is 0 Å². The Kier molecular flexibility index (Phi) is 5.93. The fourth-order valence-corrected chi connectivity index (χ4v) is 4.59. The van der Waals surface area contributed by atoms with Crippen LogP contribution in [0.5, 0.6) is 0 Å². The number of hydrogen-bond donors (Lipinski definition) is 1. The number of nitrogens with one attached hydrogen (secondary N) is 1. The van der Waals surface area contributed by atoms with E-state index in [1.54, 1.807) is 0 Å². The second-order valence-electron chi connectivity index (χ2n) is 8.16. The van der Waals surface area contributed by atoms with E-state index in [0.717, 1.165) is 17.8 Å². The van der Waals surface area contributed by atoms with Crippen molar-refractivity contribution in [2.75, 3.05) is 5.43 Å². The average Bonchev–Trinajstić information content (AvgIpc) is 2.89. The van der Waals surface area contributed by atoms with Gasteiger partial charge in [0.1, 0.15) is 0 Å². The molecule has 0 aliphatic heterocycles. The zero-order valence-electron chi connectivity index (χ0n) is 17.9. The van der Waals surface area contributed by atoms with E-state index in [1.165, 1.54) is 22.3 Å². The monoisotopic (exact) mass is 414 g/mol. The van der Waals surface area contributed by atoms with Crippen LogP contribution < -0.4 is 5.43 Å². The molecule has 1 aliphatic rings. The number of hydrazone groups is 1. The maximum absolute atomic E-state index is 4.82. The number of benzene rings is 4. The molecule has 0 spiro atoms. The van der Waals surface area contributed by atoms with E-state index in [4.69, 9.17) is 5.10 Å². The molecule has 4 aromatic rings. The van der Waals surface area contributed by atoms with Crippen molar-refractivity contribution in [3.63, 3.8) is 0 Å². The predicted octanol–water partition coefficient (Wildman–Crippen LogP) is 7.51. The molecule has 0 fully saturated rings. The van der Waals surface area contributed by atoms with Crippen LogP contribution in [0.1, 0.15) is 34.9 Å². The molecule has 2 heteroatoms. The van der Waals surface area contributed by atoms with Gasteiger partial charge in [0, 0.05) is 11.8 Å². The van der Waals surface area contributed by atoms with Crippen LogP contribution in [0.25, 0.3) is 5.57 Å². The van der Waals surface area contributed by atoms with Crippen LogP contribution in [0.2, 0.25) is 0 Å². The summed E-state index contributed by atoms with van der Waals surface area (Å²) in [5, 5.41) is 4.82. The molecule has 156 valence electrons. The van der Waals surface area contributed by atoms with E-state index < -0.39 is 0 Å². The molecule has 2 nitrogen and oxygen atoms in total. The molecule has 0 saturated carbocycles. The van der Waals surface area contributed by atoms with E-state index in [0.29, 0.717) is 5.92 Å². The minimum atomic E-state index is 0.261. The van der Waals surface area contributed by atoms with E-state index in [9.17, 15) is 0 Å². The fraction of sp³-hybridized carbons (Fsp3) is 0.100. The van der Waals surface area contributed by atoms with Crippen molar-refractivity contribution < 1.29 is 0 Å². The summed E-state index contributed by atoms with van der Waals surface area (Å²) in [6, 6.07) is 42.6. The van der Waals surface area contributed by atoms with Crippen LogP contribution in [0.4, 0.5) is 5.69 Å². The summed E-state index contributed by atoms with van der Waals surface area (Å²) in [6.07, 6.45) is 3.15. The number of allylic oxidation sites excluding steroid dienone is 2. The van der Waals surface area contributed by atoms with Gasteiger partial charge in [-0.25, -0.2) is 0 Å². The molecule has 0 radical (unpaired) electrons. The fourth-order valence-electron chi connectivity index (χ4n) is 4.59. The van der Waals surface area contributed by atoms with Crippen molar-refractivity contribution in [1.29, 1.82) is 0 Å². The van der Waals surface area contributed by atoms with Gasteiger partial charge in [0.05, 0.1) is 11.4 Å². The highest BCUT2D eigenvalue weighted by Crippen LogP contribution is 2.47. The summed E-state index contributed by atoms with van der Waals surface area (Å²) in [5.74, 6) is 0.562. The molecule has 0 saturated heterocycles. The van der Waals surface area contributed by atoms with Gasteiger partial charge in [0.15, 0.2) is 0 Å². The Bertz CT molecular complexity index is 1200. The van der Waals surface area contributed by atoms with Crippen LogP contribution in [-0.2, 0) is 0 Å². The zero-order valence-corrected chi connectivity index (χ0v) is 17.9. The lowest BCUT2D eigenvalue weighted by Gasteiger charge is -2.34. The molecule has 1 aliphatic carbocycles. The first-order chi connectivity index (χ1) is 15.9. The van der Waals surface area contributed by atoms with E-state index in [-0.39, 0.29) is 5.92 Å². The molecule has 1 N–H and O–H groups in total. The summed E-state index contributed by atoms with van der Waals surface area (Å²) in [5.41, 5.74) is 10.6. The molecule has 0 unspecified atom stereocenters. The molecule has 5 rings (SSSR count). The Morgan fingerprint density at radius 1 is 0.594 bits per heavy atom. The number of hydrogen-bond acceptors (Lipinski definition) is 2. The Morgan fingerprint density at radius 3 is 1.75 bits per heavy atom. The molecule has 0 heterocycles. The number of nitrogens with zero attached hydrogens (tertiary/aromatic N) is 1. The maximum atomic E-state index is 4.82. The summed E-state index contributed by atoms with van der Waals surface area (Å²) >= 11 is 0. The lowest BCUT2D eigenvalue weighted by Crippen LogP contribution is -2.22. The third kappa shape index (κ3) is 4.40. The van der Waals surface area contributed by atoms with Crippen molar-refractivity contribution in [2.24, 2.45) is 5.10 Å². The largest absolute Gasteiger partial charge is 0.278 e. The van der Waals surface area contributed by atoms with E-state index in [2.05, 4.69) is 102 Å². The minimum Gasteiger partial charge on any atom is -0.278 e. The number of rotatable bonds is 5. The van der Waals surface area contributed by atoms with Gasteiger partial charge in [0.2, 0.25) is 0 Å². The van der Waals surface area contributed by atoms with Crippen LogP contribution in [0, 0.1) is 0 Å². The first kappa shape index (κ1) is 20.0. The topological polar surface area (TPSA) is 24.4 Å². The molecule has 0 bridgehead atoms. The van der Waals surface area contributed by atoms with E-state index in [1.807, 2.05) is 30.3 Å². The summed E-state index contributed by atoms with van der Waals surface area (Å²) in [6.45, 7) is 0. The van der Waals surface area contributed by atoms with Crippen molar-refractivity contribution in [2.45, 2.75) is 18.3 Å². The maximum Gasteiger partial charge on any atom is 0.0616 e. The van der Waals surface area contributed by atoms with Gasteiger partial charge in [-0.2, -0.15) is 5.10 Å². The summed E-state index contributed by atoms with van der Waals surface area (Å²) in [4.78, 5) is 0. The lowest BCUT2D eigenvalue weighted by molar-refractivity contribution is 0.645. The molecular formula is C30H26N2. The Morgan fingerprint density at radius 2 is 1.12 bits per heavy atom. The first-order valence-electron chi connectivity index (χ1n) is 11.1. The van der Waals surface area contributed by atoms with Crippen LogP contribution in [-0.4, -0.2) is 5.71 Å². The summed E-state index contributed by atoms with van der Waals surface area (Å²) in [7, 11) is 0. The lowest BCUT2D eigenvalue weighted by atomic mass is 9.69. The molecule has 0 amide bonds. The molecule has 0 aromatic heterocycles. The van der Waals surface area contributed by atoms with E-state index >= 15 is 0 Å². The predicted molar refractivity (Wildman–Crippen MR) is 135 cm³/mol. The van der Waals surface area contributed by atoms with Gasteiger partial charge < -0.3 is 0 Å². The zero-order chi connectivity index (χ0) is 21.6. The second-order valence-corrected chi connectivity index (χ2v) is 8.16. The Balaban J connectivity index is 1.63. The Labute approximate surface area is 190 Å². The molecule has 32 heavy (non-hydrogen) atoms. The quantitative estimate of drug-likeness (QED) is 0.336. The molecule has 2 atom stereocenters. The number of para-hydroxylation sites is 1. The normalized spacial score (nSPS) is 19.4. The molecule has 4 aromatic carbocycles. The van der Waals surface area contributed by atoms with Crippen LogP contribution in [0.3, 0.4) is 0 Å². The van der Waals surface area contributed by atoms with Gasteiger partial charge in [-0.3, -0.25) is 5.43 Å². The van der Waals surface area contributed by atoms with Crippen LogP contribution in [0.15, 0.2) is 133 Å². The van der Waals surface area contributed by atoms with Gasteiger partial charge in [-0.05, 0) is 46.9 Å². The van der Waals surface area contributed by atoms with Crippen molar-refractivity contribution >= 4 is 17.0 Å². The van der Waals surface area contributed by atoms with Gasteiger partial charge in [0.25, 0.3) is 0 Å². The highest BCUT2D eigenvalue weighted by Gasteiger charge is 2.33. The Hall–Kier alpha value is -3.91. The molecular weight excluding hydrogens is 388 g/mol. The number of anilines is 1. The minimum absolute atomic E-state index is 0.261. The second kappa shape index (κ2) is 9.49. The highest BCUT2D eigenvalue weighted by molar-refractivity contribution is 6.05. The third-order valence-electron chi connectivity index (χ3n) is 6.08. The van der Waals surface area contributed by atoms with Crippen molar-refractivity contribution in [3.05, 3.63) is 144 Å². The van der Waals surface area contributed by atoms with Crippen molar-refractivity contribution in [1.82, 2.24) is 0 Å². The standard InChI is InChI=1S/C30H26N2/c1-5-13-23(14-6-1)28-21-27(32-31-26-19-11-4-12-20-26)22-29(24-15-7-2-8-16-24)30(28)25-17-9-3-10-18-25/h1-21,29-31H,22H2/b32-27-/t29-,30-/m0/s1. The smallest absolute Gasteiger partial charge is 0.0616 e. The highest BCUT2D eigenvalue weighted by atomic mass is 15.3.